The standard InChI is InChI=1S/C17H22N2O3/c1-10(2)8-19(9-11(3)4)17(22)13-7-5-6-12-14(13)16(21)18-15(12)20/h5-7,10-11H,8-9H2,1-4H3,(H,18,20,21). The Hall–Kier alpha value is -2.17. The molecular weight excluding hydrogens is 280 g/mol. The Balaban J connectivity index is 2.40. The van der Waals surface area contributed by atoms with Crippen molar-refractivity contribution in [3.8, 4) is 0 Å². The molecule has 1 aliphatic rings. The zero-order chi connectivity index (χ0) is 16.4. The van der Waals surface area contributed by atoms with Crippen LogP contribution in [0.1, 0.15) is 58.8 Å². The normalized spacial score (nSPS) is 13.5. The van der Waals surface area contributed by atoms with Gasteiger partial charge in [0.1, 0.15) is 0 Å². The van der Waals surface area contributed by atoms with Crippen LogP contribution in [-0.4, -0.2) is 35.7 Å². The number of hydrogen-bond acceptors (Lipinski definition) is 3. The van der Waals surface area contributed by atoms with Crippen molar-refractivity contribution in [3.63, 3.8) is 0 Å². The van der Waals surface area contributed by atoms with E-state index >= 15 is 0 Å². The lowest BCUT2D eigenvalue weighted by atomic mass is 10.0. The molecule has 0 saturated carbocycles. The largest absolute Gasteiger partial charge is 0.338 e. The highest BCUT2D eigenvalue weighted by molar-refractivity contribution is 6.25. The van der Waals surface area contributed by atoms with E-state index in [1.54, 1.807) is 23.1 Å². The van der Waals surface area contributed by atoms with E-state index in [0.717, 1.165) is 0 Å². The maximum Gasteiger partial charge on any atom is 0.259 e. The van der Waals surface area contributed by atoms with Crippen LogP contribution in [0.25, 0.3) is 0 Å². The minimum Gasteiger partial charge on any atom is -0.338 e. The topological polar surface area (TPSA) is 66.5 Å². The summed E-state index contributed by atoms with van der Waals surface area (Å²) in [6.07, 6.45) is 0. The number of fused-ring (bicyclic) bond motifs is 1. The van der Waals surface area contributed by atoms with Gasteiger partial charge in [0.25, 0.3) is 17.7 Å². The molecule has 2 rings (SSSR count). The van der Waals surface area contributed by atoms with Crippen LogP contribution in [0.4, 0.5) is 0 Å². The highest BCUT2D eigenvalue weighted by Crippen LogP contribution is 2.22. The van der Waals surface area contributed by atoms with Gasteiger partial charge in [-0.15, -0.1) is 0 Å². The fourth-order valence-electron chi connectivity index (χ4n) is 2.69. The minimum absolute atomic E-state index is 0.191. The molecule has 5 nitrogen and oxygen atoms in total. The fraction of sp³-hybridized carbons (Fsp3) is 0.471. The zero-order valence-electron chi connectivity index (χ0n) is 13.5. The summed E-state index contributed by atoms with van der Waals surface area (Å²) < 4.78 is 0. The van der Waals surface area contributed by atoms with Gasteiger partial charge in [-0.05, 0) is 24.0 Å². The molecule has 0 unspecified atom stereocenters. The minimum atomic E-state index is -0.488. The average Bonchev–Trinajstić information content (AvgIpc) is 2.72. The van der Waals surface area contributed by atoms with Crippen LogP contribution < -0.4 is 5.32 Å². The molecular formula is C17H22N2O3. The molecule has 0 atom stereocenters. The van der Waals surface area contributed by atoms with Gasteiger partial charge in [-0.3, -0.25) is 19.7 Å². The summed E-state index contributed by atoms with van der Waals surface area (Å²) in [6, 6.07) is 4.84. The van der Waals surface area contributed by atoms with Crippen molar-refractivity contribution in [2.45, 2.75) is 27.7 Å². The first-order chi connectivity index (χ1) is 10.3. The molecule has 1 aromatic rings. The Morgan fingerprint density at radius 2 is 1.64 bits per heavy atom. The van der Waals surface area contributed by atoms with E-state index in [1.807, 2.05) is 27.7 Å². The van der Waals surface area contributed by atoms with E-state index in [2.05, 4.69) is 5.32 Å². The molecule has 0 radical (unpaired) electrons. The lowest BCUT2D eigenvalue weighted by molar-refractivity contribution is 0.0709. The number of amides is 3. The highest BCUT2D eigenvalue weighted by Gasteiger charge is 2.32. The van der Waals surface area contributed by atoms with Crippen molar-refractivity contribution >= 4 is 17.7 Å². The molecule has 0 aromatic heterocycles. The van der Waals surface area contributed by atoms with Crippen LogP contribution in [0, 0.1) is 11.8 Å². The molecule has 1 aliphatic heterocycles. The highest BCUT2D eigenvalue weighted by atomic mass is 16.2. The van der Waals surface area contributed by atoms with Gasteiger partial charge in [-0.2, -0.15) is 0 Å². The van der Waals surface area contributed by atoms with Crippen molar-refractivity contribution in [2.75, 3.05) is 13.1 Å². The van der Waals surface area contributed by atoms with Gasteiger partial charge in [-0.1, -0.05) is 33.8 Å². The fourth-order valence-corrected chi connectivity index (χ4v) is 2.69. The molecule has 0 aliphatic carbocycles. The molecule has 5 heteroatoms. The zero-order valence-corrected chi connectivity index (χ0v) is 13.5. The second-order valence-corrected chi connectivity index (χ2v) is 6.51. The van der Waals surface area contributed by atoms with Crippen LogP contribution >= 0.6 is 0 Å². The van der Waals surface area contributed by atoms with E-state index < -0.39 is 11.8 Å². The molecule has 0 spiro atoms. The van der Waals surface area contributed by atoms with E-state index in [-0.39, 0.29) is 17.0 Å². The summed E-state index contributed by atoms with van der Waals surface area (Å²) in [5, 5.41) is 2.25. The molecule has 0 bridgehead atoms. The van der Waals surface area contributed by atoms with Gasteiger partial charge in [-0.25, -0.2) is 0 Å². The summed E-state index contributed by atoms with van der Waals surface area (Å²) in [6.45, 7) is 9.43. The Morgan fingerprint density at radius 1 is 1.05 bits per heavy atom. The average molecular weight is 302 g/mol. The predicted molar refractivity (Wildman–Crippen MR) is 83.8 cm³/mol. The molecule has 1 heterocycles. The summed E-state index contributed by atoms with van der Waals surface area (Å²) in [5.41, 5.74) is 0.794. The van der Waals surface area contributed by atoms with Crippen molar-refractivity contribution in [2.24, 2.45) is 11.8 Å². The van der Waals surface area contributed by atoms with Gasteiger partial charge in [0.15, 0.2) is 0 Å². The van der Waals surface area contributed by atoms with Crippen LogP contribution in [0.15, 0.2) is 18.2 Å². The maximum atomic E-state index is 12.9. The Labute approximate surface area is 130 Å². The van der Waals surface area contributed by atoms with Crippen molar-refractivity contribution in [3.05, 3.63) is 34.9 Å². The Bertz CT molecular complexity index is 610. The first kappa shape index (κ1) is 16.2. The molecule has 1 aromatic carbocycles. The number of rotatable bonds is 5. The quantitative estimate of drug-likeness (QED) is 0.849. The lowest BCUT2D eigenvalue weighted by Crippen LogP contribution is -2.37. The monoisotopic (exact) mass is 302 g/mol. The Kier molecular flexibility index (Phi) is 4.64. The molecule has 118 valence electrons. The van der Waals surface area contributed by atoms with Gasteiger partial charge in [0.05, 0.1) is 16.7 Å². The first-order valence-corrected chi connectivity index (χ1v) is 7.59. The molecule has 22 heavy (non-hydrogen) atoms. The number of benzene rings is 1. The van der Waals surface area contributed by atoms with Crippen LogP contribution in [0.3, 0.4) is 0 Å². The third-order valence-electron chi connectivity index (χ3n) is 3.45. The van der Waals surface area contributed by atoms with Crippen molar-refractivity contribution < 1.29 is 14.4 Å². The van der Waals surface area contributed by atoms with Crippen molar-refractivity contribution in [1.82, 2.24) is 10.2 Å². The van der Waals surface area contributed by atoms with Crippen molar-refractivity contribution in [1.29, 1.82) is 0 Å². The van der Waals surface area contributed by atoms with Crippen LogP contribution in [-0.2, 0) is 0 Å². The van der Waals surface area contributed by atoms with E-state index in [0.29, 0.717) is 30.5 Å². The number of carbonyl (C=O) groups excluding carboxylic acids is 3. The first-order valence-electron chi connectivity index (χ1n) is 7.59. The number of imide groups is 1. The molecule has 1 N–H and O–H groups in total. The second-order valence-electron chi connectivity index (χ2n) is 6.51. The van der Waals surface area contributed by atoms with Crippen LogP contribution in [0.2, 0.25) is 0 Å². The number of nitrogens with one attached hydrogen (secondary N) is 1. The Morgan fingerprint density at radius 3 is 2.18 bits per heavy atom. The predicted octanol–water partition coefficient (Wildman–Crippen LogP) is 2.32. The van der Waals surface area contributed by atoms with E-state index in [9.17, 15) is 14.4 Å². The smallest absolute Gasteiger partial charge is 0.259 e. The number of carbonyl (C=O) groups is 3. The summed E-state index contributed by atoms with van der Waals surface area (Å²) in [4.78, 5) is 38.3. The second kappa shape index (κ2) is 6.30. The summed E-state index contributed by atoms with van der Waals surface area (Å²) >= 11 is 0. The molecule has 0 saturated heterocycles. The number of hydrogen-bond donors (Lipinski definition) is 1. The third-order valence-corrected chi connectivity index (χ3v) is 3.45. The van der Waals surface area contributed by atoms with Gasteiger partial charge < -0.3 is 4.90 Å². The van der Waals surface area contributed by atoms with Gasteiger partial charge in [0, 0.05) is 13.1 Å². The van der Waals surface area contributed by atoms with Gasteiger partial charge in [0.2, 0.25) is 0 Å². The SMILES string of the molecule is CC(C)CN(CC(C)C)C(=O)c1cccc2c1C(=O)NC2=O. The van der Waals surface area contributed by atoms with E-state index in [1.165, 1.54) is 0 Å². The maximum absolute atomic E-state index is 12.9. The van der Waals surface area contributed by atoms with Crippen LogP contribution in [0.5, 0.6) is 0 Å². The number of nitrogens with zero attached hydrogens (tertiary/aromatic N) is 1. The third kappa shape index (κ3) is 3.18. The molecule has 3 amide bonds. The summed E-state index contributed by atoms with van der Waals surface area (Å²) in [7, 11) is 0. The summed E-state index contributed by atoms with van der Waals surface area (Å²) in [5.74, 6) is -0.458. The molecule has 0 fully saturated rings. The van der Waals surface area contributed by atoms with E-state index in [4.69, 9.17) is 0 Å². The van der Waals surface area contributed by atoms with Gasteiger partial charge >= 0.3 is 0 Å². The lowest BCUT2D eigenvalue weighted by Gasteiger charge is -2.27.